The number of rotatable bonds is 2. The molecule has 3 rings (SSSR count). The van der Waals surface area contributed by atoms with Crippen molar-refractivity contribution in [2.45, 2.75) is 12.3 Å². The molecule has 1 atom stereocenters. The number of amides is 2. The second-order valence-corrected chi connectivity index (χ2v) is 5.72. The molecular formula is C18H17F3N2O2. The lowest BCUT2D eigenvalue weighted by atomic mass is 10.1. The van der Waals surface area contributed by atoms with Crippen molar-refractivity contribution in [3.8, 4) is 0 Å². The highest BCUT2D eigenvalue weighted by atomic mass is 19.4. The Labute approximate surface area is 143 Å². The summed E-state index contributed by atoms with van der Waals surface area (Å²) in [5.41, 5.74) is 0.274. The fourth-order valence-corrected chi connectivity index (χ4v) is 2.68. The molecule has 0 radical (unpaired) electrons. The van der Waals surface area contributed by atoms with Crippen LogP contribution in [-0.2, 0) is 10.9 Å². The van der Waals surface area contributed by atoms with Gasteiger partial charge in [-0.05, 0) is 23.8 Å². The van der Waals surface area contributed by atoms with Crippen LogP contribution in [0.25, 0.3) is 0 Å². The summed E-state index contributed by atoms with van der Waals surface area (Å²) >= 11 is 0. The van der Waals surface area contributed by atoms with Crippen LogP contribution in [0.1, 0.15) is 17.2 Å². The number of carbonyl (C=O) groups is 1. The Hall–Kier alpha value is -2.54. The van der Waals surface area contributed by atoms with Gasteiger partial charge >= 0.3 is 12.2 Å². The Morgan fingerprint density at radius 2 is 1.88 bits per heavy atom. The summed E-state index contributed by atoms with van der Waals surface area (Å²) in [6.07, 6.45) is -4.69. The van der Waals surface area contributed by atoms with Crippen LogP contribution in [0, 0.1) is 0 Å². The molecule has 0 bridgehead atoms. The lowest BCUT2D eigenvalue weighted by Gasteiger charge is -2.33. The van der Waals surface area contributed by atoms with Gasteiger partial charge in [-0.1, -0.05) is 36.4 Å². The van der Waals surface area contributed by atoms with E-state index in [9.17, 15) is 18.0 Å². The molecule has 0 spiro atoms. The zero-order valence-corrected chi connectivity index (χ0v) is 13.3. The van der Waals surface area contributed by atoms with E-state index in [2.05, 4.69) is 5.32 Å². The van der Waals surface area contributed by atoms with Crippen LogP contribution in [0.3, 0.4) is 0 Å². The van der Waals surface area contributed by atoms with Gasteiger partial charge in [0.15, 0.2) is 0 Å². The number of ether oxygens (including phenoxy) is 1. The quantitative estimate of drug-likeness (QED) is 0.877. The van der Waals surface area contributed by atoms with Crippen molar-refractivity contribution in [1.82, 2.24) is 4.90 Å². The maximum Gasteiger partial charge on any atom is 0.416 e. The number of nitrogens with one attached hydrogen (secondary N) is 1. The zero-order valence-electron chi connectivity index (χ0n) is 13.3. The van der Waals surface area contributed by atoms with Gasteiger partial charge in [-0.3, -0.25) is 0 Å². The van der Waals surface area contributed by atoms with E-state index in [0.29, 0.717) is 19.7 Å². The van der Waals surface area contributed by atoms with Gasteiger partial charge in [-0.25, -0.2) is 4.79 Å². The van der Waals surface area contributed by atoms with E-state index in [-0.39, 0.29) is 11.8 Å². The first-order valence-electron chi connectivity index (χ1n) is 7.83. The minimum atomic E-state index is -4.45. The number of nitrogens with zero attached hydrogens (tertiary/aromatic N) is 1. The number of hydrogen-bond acceptors (Lipinski definition) is 2. The van der Waals surface area contributed by atoms with Crippen molar-refractivity contribution in [3.05, 3.63) is 65.7 Å². The summed E-state index contributed by atoms with van der Waals surface area (Å²) in [6, 6.07) is 13.7. The van der Waals surface area contributed by atoms with Gasteiger partial charge in [-0.2, -0.15) is 13.2 Å². The molecule has 2 aromatic rings. The Bertz CT molecular complexity index is 735. The third kappa shape index (κ3) is 4.30. The third-order valence-corrected chi connectivity index (χ3v) is 3.97. The number of morpholine rings is 1. The molecule has 1 fully saturated rings. The SMILES string of the molecule is O=C(Nc1cccc(C(F)(F)F)c1)N1CCOC(c2ccccc2)C1. The Kier molecular flexibility index (Phi) is 4.94. The summed E-state index contributed by atoms with van der Waals surface area (Å²) in [6.45, 7) is 1.10. The van der Waals surface area contributed by atoms with Crippen LogP contribution in [0.4, 0.5) is 23.7 Å². The molecule has 2 aromatic carbocycles. The van der Waals surface area contributed by atoms with Crippen molar-refractivity contribution in [1.29, 1.82) is 0 Å². The molecule has 1 aliphatic rings. The molecule has 1 saturated heterocycles. The number of benzene rings is 2. The van der Waals surface area contributed by atoms with Crippen molar-refractivity contribution < 1.29 is 22.7 Å². The van der Waals surface area contributed by atoms with Crippen LogP contribution in [0.5, 0.6) is 0 Å². The standard InChI is InChI=1S/C18H17F3N2O2/c19-18(20,21)14-7-4-8-15(11-14)22-17(24)23-9-10-25-16(12-23)13-5-2-1-3-6-13/h1-8,11,16H,9-10,12H2,(H,22,24). The van der Waals surface area contributed by atoms with Crippen LogP contribution in [0.15, 0.2) is 54.6 Å². The Balaban J connectivity index is 1.67. The van der Waals surface area contributed by atoms with Crippen LogP contribution in [0.2, 0.25) is 0 Å². The summed E-state index contributed by atoms with van der Waals surface area (Å²) < 4.78 is 44.0. The molecule has 4 nitrogen and oxygen atoms in total. The first kappa shape index (κ1) is 17.3. The summed E-state index contributed by atoms with van der Waals surface area (Å²) in [5.74, 6) is 0. The second-order valence-electron chi connectivity index (χ2n) is 5.72. The first-order chi connectivity index (χ1) is 11.9. The van der Waals surface area contributed by atoms with E-state index in [0.717, 1.165) is 17.7 Å². The van der Waals surface area contributed by atoms with Gasteiger partial charge in [0.2, 0.25) is 0 Å². The summed E-state index contributed by atoms with van der Waals surface area (Å²) in [5, 5.41) is 2.53. The Morgan fingerprint density at radius 3 is 2.60 bits per heavy atom. The van der Waals surface area contributed by atoms with Gasteiger partial charge in [0.05, 0.1) is 18.7 Å². The zero-order chi connectivity index (χ0) is 17.9. The fraction of sp³-hybridized carbons (Fsp3) is 0.278. The van der Waals surface area contributed by atoms with Crippen molar-refractivity contribution in [2.24, 2.45) is 0 Å². The number of carbonyl (C=O) groups excluding carboxylic acids is 1. The number of anilines is 1. The average Bonchev–Trinajstić information content (AvgIpc) is 2.62. The maximum absolute atomic E-state index is 12.8. The highest BCUT2D eigenvalue weighted by Crippen LogP contribution is 2.31. The van der Waals surface area contributed by atoms with E-state index in [1.165, 1.54) is 12.1 Å². The number of urea groups is 1. The van der Waals surface area contributed by atoms with Crippen molar-refractivity contribution in [3.63, 3.8) is 0 Å². The second kappa shape index (κ2) is 7.14. The molecule has 0 aliphatic carbocycles. The fourth-order valence-electron chi connectivity index (χ4n) is 2.68. The predicted molar refractivity (Wildman–Crippen MR) is 87.2 cm³/mol. The molecular weight excluding hydrogens is 333 g/mol. The highest BCUT2D eigenvalue weighted by Gasteiger charge is 2.31. The van der Waals surface area contributed by atoms with Gasteiger partial charge < -0.3 is 15.0 Å². The monoisotopic (exact) mass is 350 g/mol. The molecule has 1 N–H and O–H groups in total. The van der Waals surface area contributed by atoms with Gasteiger partial charge in [0.1, 0.15) is 6.10 Å². The first-order valence-corrected chi connectivity index (χ1v) is 7.83. The van der Waals surface area contributed by atoms with E-state index in [1.54, 1.807) is 4.90 Å². The lowest BCUT2D eigenvalue weighted by molar-refractivity contribution is -0.137. The molecule has 0 saturated carbocycles. The molecule has 132 valence electrons. The van der Waals surface area contributed by atoms with Crippen LogP contribution < -0.4 is 5.32 Å². The molecule has 7 heteroatoms. The number of alkyl halides is 3. The Morgan fingerprint density at radius 1 is 1.12 bits per heavy atom. The smallest absolute Gasteiger partial charge is 0.370 e. The molecule has 0 aromatic heterocycles. The number of halogens is 3. The van der Waals surface area contributed by atoms with Crippen molar-refractivity contribution in [2.75, 3.05) is 25.0 Å². The van der Waals surface area contributed by atoms with Crippen molar-refractivity contribution >= 4 is 11.7 Å². The van der Waals surface area contributed by atoms with Gasteiger partial charge in [0, 0.05) is 12.2 Å². The molecule has 2 amide bonds. The largest absolute Gasteiger partial charge is 0.416 e. The lowest BCUT2D eigenvalue weighted by Crippen LogP contribution is -2.44. The minimum Gasteiger partial charge on any atom is -0.370 e. The highest BCUT2D eigenvalue weighted by molar-refractivity contribution is 5.89. The third-order valence-electron chi connectivity index (χ3n) is 3.97. The summed E-state index contributed by atoms with van der Waals surface area (Å²) in [7, 11) is 0. The van der Waals surface area contributed by atoms with E-state index in [4.69, 9.17) is 4.74 Å². The minimum absolute atomic E-state index is 0.113. The molecule has 1 aliphatic heterocycles. The van der Waals surface area contributed by atoms with E-state index < -0.39 is 17.8 Å². The maximum atomic E-state index is 12.8. The molecule has 1 unspecified atom stereocenters. The predicted octanol–water partition coefficient (Wildman–Crippen LogP) is 4.31. The summed E-state index contributed by atoms with van der Waals surface area (Å²) in [4.78, 5) is 13.9. The molecule has 1 heterocycles. The van der Waals surface area contributed by atoms with Crippen LogP contribution in [-0.4, -0.2) is 30.6 Å². The topological polar surface area (TPSA) is 41.6 Å². The van der Waals surface area contributed by atoms with E-state index in [1.807, 2.05) is 30.3 Å². The van der Waals surface area contributed by atoms with Gasteiger partial charge in [0.25, 0.3) is 0 Å². The number of hydrogen-bond donors (Lipinski definition) is 1. The molecule has 25 heavy (non-hydrogen) atoms. The van der Waals surface area contributed by atoms with Crippen LogP contribution >= 0.6 is 0 Å². The normalized spacial score (nSPS) is 18.0. The van der Waals surface area contributed by atoms with Gasteiger partial charge in [-0.15, -0.1) is 0 Å². The van der Waals surface area contributed by atoms with E-state index >= 15 is 0 Å². The average molecular weight is 350 g/mol.